The fourth-order valence-electron chi connectivity index (χ4n) is 0.656. The predicted molar refractivity (Wildman–Crippen MR) is 36.2 cm³/mol. The maximum absolute atomic E-state index is 10.0. The first-order valence-electron chi connectivity index (χ1n) is 2.88. The fraction of sp³-hybridized carbons (Fsp3) is 0. The van der Waals surface area contributed by atoms with Crippen LogP contribution in [0.5, 0.6) is 0 Å². The van der Waals surface area contributed by atoms with Crippen LogP contribution < -0.4 is 0 Å². The second-order valence-electron chi connectivity index (χ2n) is 1.78. The Kier molecular flexibility index (Phi) is 3.07. The molecule has 1 nitrogen and oxygen atoms in total. The zero-order valence-corrected chi connectivity index (χ0v) is 6.41. The molecule has 0 heterocycles. The van der Waals surface area contributed by atoms with Gasteiger partial charge in [0, 0.05) is 0 Å². The van der Waals surface area contributed by atoms with Crippen molar-refractivity contribution in [3.05, 3.63) is 40.9 Å². The molecule has 0 atom stereocenters. The molecule has 0 aliphatic carbocycles. The molecule has 0 radical (unpaired) electrons. The molecule has 1 aromatic rings. The molecule has 0 aliphatic heterocycles. The van der Waals surface area contributed by atoms with Gasteiger partial charge in [0.25, 0.3) is 0 Å². The molecule has 0 saturated carbocycles. The Hall–Kier alpha value is -0.721. The van der Waals surface area contributed by atoms with Crippen molar-refractivity contribution in [2.75, 3.05) is 0 Å². The number of rotatable bonds is 2. The van der Waals surface area contributed by atoms with Gasteiger partial charge in [0.05, 0.1) is 0 Å². The van der Waals surface area contributed by atoms with Crippen LogP contribution in [-0.4, -0.2) is 0 Å². The fourth-order valence-corrected chi connectivity index (χ4v) is 0.944. The van der Waals surface area contributed by atoms with E-state index in [-0.39, 0.29) is 14.9 Å². The molecule has 0 N–H and O–H groups in total. The van der Waals surface area contributed by atoms with Gasteiger partial charge in [-0.15, -0.1) is 0 Å². The van der Waals surface area contributed by atoms with E-state index >= 15 is 0 Å². The van der Waals surface area contributed by atoms with E-state index in [1.165, 1.54) is 0 Å². The summed E-state index contributed by atoms with van der Waals surface area (Å²) in [6.07, 6.45) is 1.83. The van der Waals surface area contributed by atoms with Crippen LogP contribution in [0.4, 0.5) is 0 Å². The molecule has 0 aromatic heterocycles. The summed E-state index contributed by atoms with van der Waals surface area (Å²) in [5.74, 6) is 0. The molecule has 1 aromatic carbocycles. The minimum absolute atomic E-state index is 0.144. The molecule has 0 unspecified atom stereocenters. The summed E-state index contributed by atoms with van der Waals surface area (Å²) in [5.41, 5.74) is 1.08. The Morgan fingerprint density at radius 3 is 2.50 bits per heavy atom. The Balaban J connectivity index is 2.76. The molecule has 1 rings (SSSR count). The summed E-state index contributed by atoms with van der Waals surface area (Å²) < 4.78 is 10.0. The van der Waals surface area contributed by atoms with Crippen molar-refractivity contribution >= 4 is 6.08 Å². The van der Waals surface area contributed by atoms with Gasteiger partial charge in [0.1, 0.15) is 0 Å². The molecule has 10 heavy (non-hydrogen) atoms. The van der Waals surface area contributed by atoms with Gasteiger partial charge in [-0.25, -0.2) is 0 Å². The summed E-state index contributed by atoms with van der Waals surface area (Å²) in [5, 5.41) is 0. The SMILES string of the molecule is [O]=[Fe][CH]=Cc1ccccc1. The number of hydrogen-bond acceptors (Lipinski definition) is 1. The van der Waals surface area contributed by atoms with Gasteiger partial charge in [-0.1, -0.05) is 0 Å². The Morgan fingerprint density at radius 1 is 1.20 bits per heavy atom. The number of benzene rings is 1. The van der Waals surface area contributed by atoms with Crippen molar-refractivity contribution in [2.24, 2.45) is 0 Å². The molecule has 0 aliphatic rings. The van der Waals surface area contributed by atoms with E-state index in [0.29, 0.717) is 0 Å². The van der Waals surface area contributed by atoms with Gasteiger partial charge in [0.2, 0.25) is 0 Å². The molecule has 0 bridgehead atoms. The van der Waals surface area contributed by atoms with Crippen molar-refractivity contribution in [1.29, 1.82) is 0 Å². The van der Waals surface area contributed by atoms with Gasteiger partial charge in [-0.05, 0) is 0 Å². The summed E-state index contributed by atoms with van der Waals surface area (Å²) in [6, 6.07) is 9.78. The zero-order chi connectivity index (χ0) is 7.23. The predicted octanol–water partition coefficient (Wildman–Crippen LogP) is 2.09. The van der Waals surface area contributed by atoms with E-state index in [2.05, 4.69) is 0 Å². The molecule has 53 valence electrons. The van der Waals surface area contributed by atoms with Crippen LogP contribution in [0.3, 0.4) is 0 Å². The van der Waals surface area contributed by atoms with E-state index in [9.17, 15) is 3.83 Å². The first-order chi connectivity index (χ1) is 4.93. The van der Waals surface area contributed by atoms with E-state index in [0.717, 1.165) is 5.56 Å². The van der Waals surface area contributed by atoms with Gasteiger partial charge in [0.15, 0.2) is 0 Å². The minimum atomic E-state index is -0.144. The van der Waals surface area contributed by atoms with Crippen LogP contribution in [0.2, 0.25) is 0 Å². The molecular weight excluding hydrogens is 168 g/mol. The molecule has 0 fully saturated rings. The first kappa shape index (κ1) is 7.39. The van der Waals surface area contributed by atoms with Crippen LogP contribution in [0, 0.1) is 0 Å². The van der Waals surface area contributed by atoms with Crippen LogP contribution >= 0.6 is 0 Å². The van der Waals surface area contributed by atoms with E-state index in [1.807, 2.05) is 36.4 Å². The quantitative estimate of drug-likeness (QED) is 0.628. The molecule has 2 heteroatoms. The summed E-state index contributed by atoms with van der Waals surface area (Å²) >= 11 is -0.144. The molecule has 0 saturated heterocycles. The van der Waals surface area contributed by atoms with Crippen LogP contribution in [-0.2, 0) is 18.7 Å². The monoisotopic (exact) mass is 175 g/mol. The Labute approximate surface area is 66.1 Å². The normalized spacial score (nSPS) is 10.4. The number of hydrogen-bond donors (Lipinski definition) is 0. The van der Waals surface area contributed by atoms with Gasteiger partial charge >= 0.3 is 65.7 Å². The summed E-state index contributed by atoms with van der Waals surface area (Å²) in [7, 11) is 0. The molecular formula is C8H7FeO. The second-order valence-corrected chi connectivity index (χ2v) is 2.41. The second kappa shape index (κ2) is 4.15. The van der Waals surface area contributed by atoms with Crippen LogP contribution in [0.25, 0.3) is 6.08 Å². The third-order valence-corrected chi connectivity index (χ3v) is 1.43. The average molecular weight is 175 g/mol. The van der Waals surface area contributed by atoms with Crippen LogP contribution in [0.15, 0.2) is 35.3 Å². The maximum atomic E-state index is 10.0. The summed E-state index contributed by atoms with van der Waals surface area (Å²) in [4.78, 5) is 1.61. The third kappa shape index (κ3) is 2.26. The van der Waals surface area contributed by atoms with Gasteiger partial charge in [-0.2, -0.15) is 0 Å². The van der Waals surface area contributed by atoms with Crippen molar-refractivity contribution in [2.45, 2.75) is 0 Å². The third-order valence-electron chi connectivity index (χ3n) is 1.10. The zero-order valence-electron chi connectivity index (χ0n) is 5.30. The topological polar surface area (TPSA) is 17.1 Å². The van der Waals surface area contributed by atoms with Crippen molar-refractivity contribution in [1.82, 2.24) is 0 Å². The van der Waals surface area contributed by atoms with Crippen LogP contribution in [0.1, 0.15) is 5.56 Å². The van der Waals surface area contributed by atoms with E-state index in [4.69, 9.17) is 0 Å². The Morgan fingerprint density at radius 2 is 1.90 bits per heavy atom. The van der Waals surface area contributed by atoms with Gasteiger partial charge in [-0.3, -0.25) is 0 Å². The van der Waals surface area contributed by atoms with Gasteiger partial charge < -0.3 is 0 Å². The Bertz CT molecular complexity index is 228. The summed E-state index contributed by atoms with van der Waals surface area (Å²) in [6.45, 7) is 0. The van der Waals surface area contributed by atoms with Crippen molar-refractivity contribution in [3.8, 4) is 0 Å². The van der Waals surface area contributed by atoms with E-state index < -0.39 is 0 Å². The average Bonchev–Trinajstić information content (AvgIpc) is 2.03. The van der Waals surface area contributed by atoms with E-state index in [1.54, 1.807) is 4.97 Å². The van der Waals surface area contributed by atoms with Crippen molar-refractivity contribution < 1.29 is 18.7 Å². The first-order valence-corrected chi connectivity index (χ1v) is 3.97. The molecule has 0 spiro atoms. The standard InChI is InChI=1S/C8H7.Fe.O/c1-2-8-6-4-3-5-7-8;;/h1-7H;;. The van der Waals surface area contributed by atoms with Crippen molar-refractivity contribution in [3.63, 3.8) is 0 Å². The molecule has 0 amide bonds.